The summed E-state index contributed by atoms with van der Waals surface area (Å²) in [6, 6.07) is 0. The molecule has 0 atom stereocenters. The van der Waals surface area contributed by atoms with Gasteiger partial charge in [0, 0.05) is 6.42 Å². The molecule has 0 N–H and O–H groups in total. The van der Waals surface area contributed by atoms with Crippen LogP contribution in [0.25, 0.3) is 0 Å². The molecule has 0 bridgehead atoms. The summed E-state index contributed by atoms with van der Waals surface area (Å²) in [6.45, 7) is 0.636. The molecule has 52 valence electrons. The smallest absolute Gasteiger partial charge is 0.193 e. The van der Waals surface area contributed by atoms with E-state index in [2.05, 4.69) is 15.4 Å². The van der Waals surface area contributed by atoms with Gasteiger partial charge in [-0.25, -0.2) is 0 Å². The molecule has 2 rings (SSSR count). The van der Waals surface area contributed by atoms with Crippen molar-refractivity contribution in [1.29, 1.82) is 0 Å². The molecule has 0 aromatic carbocycles. The fourth-order valence-electron chi connectivity index (χ4n) is 0.788. The van der Waals surface area contributed by atoms with Gasteiger partial charge in [-0.15, -0.1) is 4.80 Å². The normalized spacial score (nSPS) is 16.6. The first-order valence-electron chi connectivity index (χ1n) is 3.02. The molecule has 2 heterocycles. The molecule has 1 aromatic heterocycles. The molecule has 0 radical (unpaired) electrons. The quantitative estimate of drug-likeness (QED) is 0.501. The fourth-order valence-corrected chi connectivity index (χ4v) is 0.788. The highest BCUT2D eigenvalue weighted by Crippen LogP contribution is 1.99. The first-order chi connectivity index (χ1) is 4.97. The molecular weight excluding hydrogens is 132 g/mol. The van der Waals surface area contributed by atoms with Gasteiger partial charge < -0.3 is 4.84 Å². The summed E-state index contributed by atoms with van der Waals surface area (Å²) >= 11 is 0. The first-order valence-corrected chi connectivity index (χ1v) is 3.02. The Labute approximate surface area is 57.3 Å². The van der Waals surface area contributed by atoms with Crippen LogP contribution in [0.2, 0.25) is 0 Å². The minimum absolute atomic E-state index is 0.636. The van der Waals surface area contributed by atoms with Crippen molar-refractivity contribution in [1.82, 2.24) is 15.0 Å². The molecule has 1 aromatic rings. The summed E-state index contributed by atoms with van der Waals surface area (Å²) in [5.41, 5.74) is 0. The van der Waals surface area contributed by atoms with Crippen LogP contribution in [0.4, 0.5) is 0 Å². The number of rotatable bonds is 0. The van der Waals surface area contributed by atoms with E-state index in [-0.39, 0.29) is 0 Å². The SMILES string of the molecule is c1cnn(C2=NOCC2)n1. The monoisotopic (exact) mass is 138 g/mol. The lowest BCUT2D eigenvalue weighted by atomic mass is 10.4. The van der Waals surface area contributed by atoms with E-state index in [1.54, 1.807) is 12.4 Å². The third-order valence-electron chi connectivity index (χ3n) is 1.24. The van der Waals surface area contributed by atoms with Crippen molar-refractivity contribution in [3.8, 4) is 0 Å². The van der Waals surface area contributed by atoms with Gasteiger partial charge in [0.2, 0.25) is 0 Å². The van der Waals surface area contributed by atoms with Crippen LogP contribution in [0.15, 0.2) is 17.5 Å². The van der Waals surface area contributed by atoms with E-state index < -0.39 is 0 Å². The summed E-state index contributed by atoms with van der Waals surface area (Å²) in [7, 11) is 0. The van der Waals surface area contributed by atoms with Gasteiger partial charge in [0.15, 0.2) is 5.84 Å². The standard InChI is InChI=1S/C5H6N4O/c1-4-10-8-5(1)9-6-2-3-7-9/h2-3H,1,4H2. The van der Waals surface area contributed by atoms with Crippen molar-refractivity contribution in [2.75, 3.05) is 6.61 Å². The van der Waals surface area contributed by atoms with E-state index in [1.807, 2.05) is 0 Å². The van der Waals surface area contributed by atoms with Crippen molar-refractivity contribution < 1.29 is 4.84 Å². The number of aromatic nitrogens is 3. The zero-order valence-corrected chi connectivity index (χ0v) is 5.27. The second kappa shape index (κ2) is 2.09. The molecule has 1 aliphatic heterocycles. The lowest BCUT2D eigenvalue weighted by Gasteiger charge is -1.90. The fraction of sp³-hybridized carbons (Fsp3) is 0.400. The third-order valence-corrected chi connectivity index (χ3v) is 1.24. The van der Waals surface area contributed by atoms with Crippen LogP contribution in [-0.2, 0) is 4.84 Å². The number of oxime groups is 1. The maximum Gasteiger partial charge on any atom is 0.193 e. The Morgan fingerprint density at radius 2 is 2.20 bits per heavy atom. The van der Waals surface area contributed by atoms with Crippen LogP contribution < -0.4 is 0 Å². The van der Waals surface area contributed by atoms with Crippen molar-refractivity contribution in [3.05, 3.63) is 12.4 Å². The Morgan fingerprint density at radius 3 is 2.80 bits per heavy atom. The molecule has 0 unspecified atom stereocenters. The van der Waals surface area contributed by atoms with E-state index in [1.165, 1.54) is 4.80 Å². The first kappa shape index (κ1) is 5.40. The minimum Gasteiger partial charge on any atom is -0.394 e. The maximum absolute atomic E-state index is 4.77. The maximum atomic E-state index is 4.77. The molecule has 5 heteroatoms. The van der Waals surface area contributed by atoms with Crippen LogP contribution in [-0.4, -0.2) is 27.4 Å². The van der Waals surface area contributed by atoms with Crippen molar-refractivity contribution in [2.45, 2.75) is 6.42 Å². The Morgan fingerprint density at radius 1 is 1.40 bits per heavy atom. The Hall–Kier alpha value is -1.39. The van der Waals surface area contributed by atoms with Gasteiger partial charge in [0.1, 0.15) is 6.61 Å². The van der Waals surface area contributed by atoms with Crippen LogP contribution in [0.3, 0.4) is 0 Å². The highest BCUT2D eigenvalue weighted by Gasteiger charge is 2.10. The summed E-state index contributed by atoms with van der Waals surface area (Å²) < 4.78 is 0. The Kier molecular flexibility index (Phi) is 1.13. The minimum atomic E-state index is 0.636. The van der Waals surface area contributed by atoms with E-state index in [4.69, 9.17) is 4.84 Å². The molecule has 10 heavy (non-hydrogen) atoms. The summed E-state index contributed by atoms with van der Waals surface area (Å²) in [5, 5.41) is 11.5. The molecule has 0 fully saturated rings. The summed E-state index contributed by atoms with van der Waals surface area (Å²) in [5.74, 6) is 0.769. The predicted octanol–water partition coefficient (Wildman–Crippen LogP) is -0.140. The van der Waals surface area contributed by atoms with Crippen molar-refractivity contribution in [2.24, 2.45) is 5.16 Å². The van der Waals surface area contributed by atoms with Crippen LogP contribution in [0.5, 0.6) is 0 Å². The lowest BCUT2D eigenvalue weighted by molar-refractivity contribution is 0.173. The predicted molar refractivity (Wildman–Crippen MR) is 33.4 cm³/mol. The molecule has 0 saturated heterocycles. The van der Waals surface area contributed by atoms with Gasteiger partial charge in [-0.3, -0.25) is 0 Å². The van der Waals surface area contributed by atoms with E-state index in [0.29, 0.717) is 6.61 Å². The summed E-state index contributed by atoms with van der Waals surface area (Å²) in [4.78, 5) is 6.23. The van der Waals surface area contributed by atoms with Crippen molar-refractivity contribution in [3.63, 3.8) is 0 Å². The Balaban J connectivity index is 2.28. The number of hydrogen-bond donors (Lipinski definition) is 0. The molecule has 0 amide bonds. The summed E-state index contributed by atoms with van der Waals surface area (Å²) in [6.07, 6.45) is 4.01. The van der Waals surface area contributed by atoms with E-state index in [0.717, 1.165) is 12.3 Å². The lowest BCUT2D eigenvalue weighted by Crippen LogP contribution is -2.12. The molecule has 0 saturated carbocycles. The highest BCUT2D eigenvalue weighted by molar-refractivity contribution is 5.83. The Bertz CT molecular complexity index is 240. The average molecular weight is 138 g/mol. The number of nitrogens with zero attached hydrogens (tertiary/aromatic N) is 4. The topological polar surface area (TPSA) is 52.3 Å². The van der Waals surface area contributed by atoms with Crippen molar-refractivity contribution >= 4 is 5.84 Å². The molecule has 0 spiro atoms. The van der Waals surface area contributed by atoms with Gasteiger partial charge in [-0.1, -0.05) is 5.16 Å². The average Bonchev–Trinajstić information content (AvgIpc) is 2.59. The van der Waals surface area contributed by atoms with Crippen LogP contribution in [0, 0.1) is 0 Å². The molecular formula is C5H6N4O. The second-order valence-corrected chi connectivity index (χ2v) is 1.91. The zero-order valence-electron chi connectivity index (χ0n) is 5.27. The largest absolute Gasteiger partial charge is 0.394 e. The molecule has 5 nitrogen and oxygen atoms in total. The van der Waals surface area contributed by atoms with Gasteiger partial charge in [0.05, 0.1) is 12.4 Å². The van der Waals surface area contributed by atoms with E-state index in [9.17, 15) is 0 Å². The zero-order chi connectivity index (χ0) is 6.81. The van der Waals surface area contributed by atoms with Crippen LogP contribution in [0.1, 0.15) is 6.42 Å². The van der Waals surface area contributed by atoms with Gasteiger partial charge in [0.25, 0.3) is 0 Å². The van der Waals surface area contributed by atoms with Gasteiger partial charge in [-0.05, 0) is 0 Å². The molecule has 0 aliphatic carbocycles. The highest BCUT2D eigenvalue weighted by atomic mass is 16.6. The van der Waals surface area contributed by atoms with E-state index >= 15 is 0 Å². The third kappa shape index (κ3) is 0.754. The number of hydrogen-bond acceptors (Lipinski definition) is 4. The van der Waals surface area contributed by atoms with Gasteiger partial charge in [-0.2, -0.15) is 10.2 Å². The van der Waals surface area contributed by atoms with Crippen LogP contribution >= 0.6 is 0 Å². The molecule has 1 aliphatic rings. The van der Waals surface area contributed by atoms with Gasteiger partial charge >= 0.3 is 0 Å². The second-order valence-electron chi connectivity index (χ2n) is 1.91.